The third-order valence-electron chi connectivity index (χ3n) is 12.3. The predicted molar refractivity (Wildman–Crippen MR) is 198 cm³/mol. The van der Waals surface area contributed by atoms with E-state index in [0.717, 1.165) is 53.9 Å². The molecule has 4 bridgehead atoms. The molecule has 5 unspecified atom stereocenters. The zero-order valence-corrected chi connectivity index (χ0v) is 30.5. The number of hydrogen-bond acceptors (Lipinski definition) is 9. The minimum absolute atomic E-state index is 0.0146. The van der Waals surface area contributed by atoms with E-state index in [2.05, 4.69) is 30.7 Å². The maximum absolute atomic E-state index is 13.6. The number of fused-ring (bicyclic) bond motifs is 8. The van der Waals surface area contributed by atoms with Crippen molar-refractivity contribution in [2.24, 2.45) is 11.3 Å². The number of Topliss-reactive ketones (excluding diaryl/α,β-unsaturated/α-hetero) is 2. The van der Waals surface area contributed by atoms with E-state index in [1.54, 1.807) is 6.07 Å². The van der Waals surface area contributed by atoms with Gasteiger partial charge in [0.05, 0.1) is 25.0 Å². The average molecular weight is 704 g/mol. The molecule has 0 radical (unpaired) electrons. The van der Waals surface area contributed by atoms with Crippen LogP contribution in [0.1, 0.15) is 124 Å². The Morgan fingerprint density at radius 3 is 2.69 bits per heavy atom. The summed E-state index contributed by atoms with van der Waals surface area (Å²) in [6.07, 6.45) is 20.4. The topological polar surface area (TPSA) is 119 Å². The van der Waals surface area contributed by atoms with Crippen molar-refractivity contribution in [3.8, 4) is 11.5 Å². The fourth-order valence-corrected chi connectivity index (χ4v) is 13.2. The second kappa shape index (κ2) is 14.3. The maximum Gasteiger partial charge on any atom is 0.166 e. The number of pyridine rings is 1. The number of carbonyl (C=O) groups excluding carboxylic acids is 2. The fraction of sp³-hybridized carbons (Fsp3) is 0.564. The first kappa shape index (κ1) is 34.5. The van der Waals surface area contributed by atoms with Crippen molar-refractivity contribution in [2.45, 2.75) is 107 Å². The first-order valence-electron chi connectivity index (χ1n) is 18.2. The average Bonchev–Trinajstić information content (AvgIpc) is 3.86. The summed E-state index contributed by atoms with van der Waals surface area (Å²) in [5.41, 5.74) is 11.8. The number of aromatic nitrogens is 1. The van der Waals surface area contributed by atoms with Gasteiger partial charge < -0.3 is 20.9 Å². The van der Waals surface area contributed by atoms with Crippen LogP contribution in [0, 0.1) is 11.3 Å². The van der Waals surface area contributed by atoms with Gasteiger partial charge in [-0.3, -0.25) is 14.5 Å². The van der Waals surface area contributed by atoms with Gasteiger partial charge in [0.2, 0.25) is 0 Å². The third kappa shape index (κ3) is 6.77. The Kier molecular flexibility index (Phi) is 10.1. The van der Waals surface area contributed by atoms with Crippen LogP contribution in [0.5, 0.6) is 11.5 Å². The molecule has 1 aromatic heterocycles. The van der Waals surface area contributed by atoms with Gasteiger partial charge in [0.15, 0.2) is 24.0 Å². The number of benzene rings is 1. The van der Waals surface area contributed by atoms with Gasteiger partial charge in [-0.25, -0.2) is 4.98 Å². The number of allylic oxidation sites excluding steroid dienone is 1. The summed E-state index contributed by atoms with van der Waals surface area (Å²) >= 11 is 0. The summed E-state index contributed by atoms with van der Waals surface area (Å²) in [4.78, 5) is 33.2. The van der Waals surface area contributed by atoms with Gasteiger partial charge in [0.1, 0.15) is 23.3 Å². The number of aromatic hydroxyl groups is 1. The Labute approximate surface area is 298 Å². The molecule has 49 heavy (non-hydrogen) atoms. The van der Waals surface area contributed by atoms with Crippen LogP contribution in [0.25, 0.3) is 6.08 Å². The number of rotatable bonds is 4. The van der Waals surface area contributed by atoms with Crippen LogP contribution in [0.2, 0.25) is 0 Å². The molecular weight excluding hydrogens is 653 g/mol. The maximum atomic E-state index is 13.6. The number of nitrogens with zero attached hydrogens (tertiary/aromatic N) is 1. The molecule has 8 nitrogen and oxygen atoms in total. The molecule has 3 heterocycles. The number of ketones is 2. The SMILES string of the molecule is CCC1CCC(=O)CC(=O)C2=Cc3cc(OC)c(O)cc3C(CC2)c2cnc(N)c(c2)C(C2([NH+]3C=CNC3)CCC3(CCCC3)C2)SSC1. The van der Waals surface area contributed by atoms with Gasteiger partial charge in [-0.1, -0.05) is 47.8 Å². The molecule has 1 spiro atoms. The Morgan fingerprint density at radius 1 is 1.10 bits per heavy atom. The molecule has 2 saturated carbocycles. The second-order valence-electron chi connectivity index (χ2n) is 15.1. The zero-order valence-electron chi connectivity index (χ0n) is 28.9. The van der Waals surface area contributed by atoms with Crippen LogP contribution in [0.4, 0.5) is 5.82 Å². The van der Waals surface area contributed by atoms with Crippen molar-refractivity contribution in [1.29, 1.82) is 0 Å². The summed E-state index contributed by atoms with van der Waals surface area (Å²) in [5, 5.41) is 14.6. The molecule has 7 rings (SSSR count). The highest BCUT2D eigenvalue weighted by Crippen LogP contribution is 2.60. The van der Waals surface area contributed by atoms with E-state index in [0.29, 0.717) is 47.7 Å². The quantitative estimate of drug-likeness (QED) is 0.200. The van der Waals surface area contributed by atoms with Crippen LogP contribution < -0.4 is 20.7 Å². The third-order valence-corrected chi connectivity index (χ3v) is 15.4. The first-order chi connectivity index (χ1) is 23.7. The van der Waals surface area contributed by atoms with Crippen LogP contribution in [-0.4, -0.2) is 46.7 Å². The molecule has 5 N–H and O–H groups in total. The van der Waals surface area contributed by atoms with Gasteiger partial charge >= 0.3 is 0 Å². The van der Waals surface area contributed by atoms with Crippen LogP contribution >= 0.6 is 21.6 Å². The van der Waals surface area contributed by atoms with Crippen molar-refractivity contribution >= 4 is 45.0 Å². The number of methoxy groups -OCH3 is 1. The van der Waals surface area contributed by atoms with E-state index in [4.69, 9.17) is 15.5 Å². The van der Waals surface area contributed by atoms with E-state index >= 15 is 0 Å². The molecule has 10 heteroatoms. The van der Waals surface area contributed by atoms with Gasteiger partial charge in [0.25, 0.3) is 0 Å². The van der Waals surface area contributed by atoms with Gasteiger partial charge in [0, 0.05) is 42.7 Å². The van der Waals surface area contributed by atoms with Crippen molar-refractivity contribution in [1.82, 2.24) is 10.3 Å². The summed E-state index contributed by atoms with van der Waals surface area (Å²) in [6, 6.07) is 5.90. The number of anilines is 1. The summed E-state index contributed by atoms with van der Waals surface area (Å²) in [6.45, 7) is 3.07. The molecule has 2 fully saturated rings. The molecule has 262 valence electrons. The van der Waals surface area contributed by atoms with Crippen LogP contribution in [-0.2, 0) is 9.59 Å². The molecule has 1 aromatic carbocycles. The molecule has 0 saturated heterocycles. The van der Waals surface area contributed by atoms with Gasteiger partial charge in [-0.2, -0.15) is 0 Å². The lowest BCUT2D eigenvalue weighted by Gasteiger charge is -2.41. The van der Waals surface area contributed by atoms with Crippen molar-refractivity contribution < 1.29 is 24.3 Å². The molecule has 5 atom stereocenters. The number of quaternary nitrogens is 1. The van der Waals surface area contributed by atoms with Crippen molar-refractivity contribution in [3.05, 3.63) is 64.6 Å². The largest absolute Gasteiger partial charge is 0.504 e. The second-order valence-corrected chi connectivity index (χ2v) is 17.7. The lowest BCUT2D eigenvalue weighted by atomic mass is 9.78. The van der Waals surface area contributed by atoms with Gasteiger partial charge in [-0.05, 0) is 96.4 Å². The van der Waals surface area contributed by atoms with E-state index in [1.165, 1.54) is 50.5 Å². The zero-order chi connectivity index (χ0) is 34.2. The smallest absolute Gasteiger partial charge is 0.166 e. The normalized spacial score (nSPS) is 30.1. The minimum Gasteiger partial charge on any atom is -0.504 e. The monoisotopic (exact) mass is 703 g/mol. The van der Waals surface area contributed by atoms with E-state index in [9.17, 15) is 14.7 Å². The van der Waals surface area contributed by atoms with Gasteiger partial charge in [-0.15, -0.1) is 0 Å². The number of ether oxygens (including phenoxy) is 1. The molecule has 0 amide bonds. The highest BCUT2D eigenvalue weighted by atomic mass is 33.1. The Hall–Kier alpha value is -2.95. The van der Waals surface area contributed by atoms with E-state index in [1.807, 2.05) is 39.9 Å². The van der Waals surface area contributed by atoms with E-state index in [-0.39, 0.29) is 40.4 Å². The minimum atomic E-state index is -0.129. The standard InChI is InChI=1S/C39H50N4O4S2/c1-3-25-6-8-29(44)19-33(45)26-7-9-30(31-20-34(46)35(47-2)18-27(31)16-26)28-17-32(37(40)42-21-28)36(49-48-22-25)39(43-15-14-41-24-43)13-12-38(23-39)10-4-5-11-38/h14-18,20-21,25,30,36,41,46H,3-13,19,22-24H2,1-2H3,(H2,40,42)/p+1. The Bertz CT molecular complexity index is 1650. The lowest BCUT2D eigenvalue weighted by molar-refractivity contribution is -0.901. The summed E-state index contributed by atoms with van der Waals surface area (Å²) < 4.78 is 5.50. The Morgan fingerprint density at radius 2 is 1.94 bits per heavy atom. The highest BCUT2D eigenvalue weighted by Gasteiger charge is 2.59. The number of nitrogens with two attached hydrogens (primary N) is 1. The summed E-state index contributed by atoms with van der Waals surface area (Å²) in [7, 11) is 5.42. The molecule has 5 aliphatic rings. The number of carbonyl (C=O) groups is 2. The number of phenolic OH excluding ortho intramolecular Hbond substituents is 1. The van der Waals surface area contributed by atoms with Crippen LogP contribution in [0.15, 0.2) is 42.4 Å². The molecule has 3 aliphatic carbocycles. The van der Waals surface area contributed by atoms with E-state index < -0.39 is 0 Å². The Balaban J connectivity index is 1.37. The number of hydrogen-bond donors (Lipinski definition) is 4. The molecule has 2 aromatic rings. The fourth-order valence-electron chi connectivity index (χ4n) is 9.46. The molecule has 2 aliphatic heterocycles. The number of nitrogens with one attached hydrogen (secondary N) is 2. The summed E-state index contributed by atoms with van der Waals surface area (Å²) in [5.74, 6) is 2.11. The first-order valence-corrected chi connectivity index (χ1v) is 20.6. The highest BCUT2D eigenvalue weighted by molar-refractivity contribution is 8.76. The predicted octanol–water partition coefficient (Wildman–Crippen LogP) is 6.86. The van der Waals surface area contributed by atoms with Crippen molar-refractivity contribution in [2.75, 3.05) is 25.3 Å². The number of nitrogen functional groups attached to an aromatic ring is 1. The number of phenols is 1. The van der Waals surface area contributed by atoms with Crippen molar-refractivity contribution in [3.63, 3.8) is 0 Å². The molecular formula is C39H51N4O4S2+. The van der Waals surface area contributed by atoms with Crippen LogP contribution in [0.3, 0.4) is 0 Å². The lowest BCUT2D eigenvalue weighted by Crippen LogP contribution is -3.16.